The maximum Gasteiger partial charge on any atom is 0.138 e. The fourth-order valence-electron chi connectivity index (χ4n) is 2.57. The highest BCUT2D eigenvalue weighted by Crippen LogP contribution is 2.39. The van der Waals surface area contributed by atoms with Gasteiger partial charge in [0.15, 0.2) is 0 Å². The van der Waals surface area contributed by atoms with E-state index in [1.165, 1.54) is 39.9 Å². The molecule has 0 saturated carbocycles. The van der Waals surface area contributed by atoms with Crippen LogP contribution in [0, 0.1) is 0 Å². The van der Waals surface area contributed by atoms with E-state index >= 15 is 0 Å². The van der Waals surface area contributed by atoms with Crippen LogP contribution in [0.2, 0.25) is 0 Å². The highest BCUT2D eigenvalue weighted by Gasteiger charge is 2.22. The Morgan fingerprint density at radius 2 is 2.11 bits per heavy atom. The highest BCUT2D eigenvalue weighted by atomic mass is 32.1. The molecule has 0 aliphatic heterocycles. The van der Waals surface area contributed by atoms with Gasteiger partial charge in [-0.2, -0.15) is 0 Å². The van der Waals surface area contributed by atoms with Gasteiger partial charge in [0.2, 0.25) is 0 Å². The number of aryl methyl sites for hydroxylation is 2. The lowest BCUT2D eigenvalue weighted by molar-refractivity contribution is 0.784. The molecule has 4 heteroatoms. The second-order valence-electron chi connectivity index (χ2n) is 5.15. The van der Waals surface area contributed by atoms with E-state index < -0.39 is 0 Å². The SMILES string of the molecule is CCNc1nc(C(C)C)nc2sc3c(c12)CCC3. The second kappa shape index (κ2) is 4.50. The van der Waals surface area contributed by atoms with Crippen molar-refractivity contribution in [2.45, 2.75) is 46.0 Å². The minimum absolute atomic E-state index is 0.378. The molecule has 18 heavy (non-hydrogen) atoms. The molecular weight excluding hydrogens is 242 g/mol. The van der Waals surface area contributed by atoms with Crippen molar-refractivity contribution in [2.75, 3.05) is 11.9 Å². The minimum atomic E-state index is 0.378. The number of aromatic nitrogens is 2. The van der Waals surface area contributed by atoms with E-state index in [2.05, 4.69) is 26.1 Å². The minimum Gasteiger partial charge on any atom is -0.370 e. The average molecular weight is 261 g/mol. The number of nitrogens with one attached hydrogen (secondary N) is 1. The van der Waals surface area contributed by atoms with Crippen LogP contribution in [0.5, 0.6) is 0 Å². The summed E-state index contributed by atoms with van der Waals surface area (Å²) >= 11 is 1.87. The van der Waals surface area contributed by atoms with Gasteiger partial charge in [0, 0.05) is 17.3 Å². The van der Waals surface area contributed by atoms with Gasteiger partial charge in [-0.15, -0.1) is 11.3 Å². The third-order valence-electron chi connectivity index (χ3n) is 3.44. The van der Waals surface area contributed by atoms with Gasteiger partial charge < -0.3 is 5.32 Å². The number of rotatable bonds is 3. The third kappa shape index (κ3) is 1.79. The van der Waals surface area contributed by atoms with E-state index in [0.29, 0.717) is 5.92 Å². The number of fused-ring (bicyclic) bond motifs is 3. The maximum absolute atomic E-state index is 4.75. The van der Waals surface area contributed by atoms with E-state index in [4.69, 9.17) is 9.97 Å². The molecule has 1 aliphatic carbocycles. The molecule has 0 aromatic carbocycles. The van der Waals surface area contributed by atoms with Gasteiger partial charge in [-0.1, -0.05) is 13.8 Å². The molecule has 0 amide bonds. The lowest BCUT2D eigenvalue weighted by Gasteiger charge is -2.10. The summed E-state index contributed by atoms with van der Waals surface area (Å²) in [6.45, 7) is 7.33. The van der Waals surface area contributed by atoms with E-state index in [1.54, 1.807) is 0 Å². The zero-order valence-corrected chi connectivity index (χ0v) is 12.0. The largest absolute Gasteiger partial charge is 0.370 e. The lowest BCUT2D eigenvalue weighted by Crippen LogP contribution is -2.05. The predicted octanol–water partition coefficient (Wildman–Crippen LogP) is 3.74. The van der Waals surface area contributed by atoms with Crippen LogP contribution in [-0.2, 0) is 12.8 Å². The zero-order valence-electron chi connectivity index (χ0n) is 11.2. The summed E-state index contributed by atoms with van der Waals surface area (Å²) in [7, 11) is 0. The quantitative estimate of drug-likeness (QED) is 0.914. The Hall–Kier alpha value is -1.16. The first kappa shape index (κ1) is 11.9. The molecule has 3 nitrogen and oxygen atoms in total. The van der Waals surface area contributed by atoms with E-state index in [-0.39, 0.29) is 0 Å². The Bertz CT molecular complexity index is 586. The summed E-state index contributed by atoms with van der Waals surface area (Å²) in [6, 6.07) is 0. The number of hydrogen-bond donors (Lipinski definition) is 1. The van der Waals surface area contributed by atoms with Crippen LogP contribution in [0.15, 0.2) is 0 Å². The normalized spacial score (nSPS) is 14.4. The highest BCUT2D eigenvalue weighted by molar-refractivity contribution is 7.19. The van der Waals surface area contributed by atoms with E-state index in [9.17, 15) is 0 Å². The first-order valence-electron chi connectivity index (χ1n) is 6.76. The summed E-state index contributed by atoms with van der Waals surface area (Å²) in [5.41, 5.74) is 1.50. The maximum atomic E-state index is 4.75. The Morgan fingerprint density at radius 3 is 2.83 bits per heavy atom. The van der Waals surface area contributed by atoms with Gasteiger partial charge in [0.25, 0.3) is 0 Å². The molecule has 0 radical (unpaired) electrons. The molecule has 0 spiro atoms. The molecule has 2 aromatic heterocycles. The first-order valence-corrected chi connectivity index (χ1v) is 7.58. The van der Waals surface area contributed by atoms with Crippen LogP contribution in [0.1, 0.15) is 49.4 Å². The van der Waals surface area contributed by atoms with Crippen molar-refractivity contribution in [3.05, 3.63) is 16.3 Å². The van der Waals surface area contributed by atoms with Crippen molar-refractivity contribution in [3.63, 3.8) is 0 Å². The number of anilines is 1. The van der Waals surface area contributed by atoms with Gasteiger partial charge in [-0.25, -0.2) is 9.97 Å². The fourth-order valence-corrected chi connectivity index (χ4v) is 3.83. The zero-order chi connectivity index (χ0) is 12.7. The monoisotopic (exact) mass is 261 g/mol. The standard InChI is InChI=1S/C14H19N3S/c1-4-15-13-11-9-6-5-7-10(9)18-14(11)17-12(16-13)8(2)3/h8H,4-7H2,1-3H3,(H,15,16,17). The third-order valence-corrected chi connectivity index (χ3v) is 4.63. The van der Waals surface area contributed by atoms with E-state index in [0.717, 1.165) is 18.2 Å². The van der Waals surface area contributed by atoms with Crippen LogP contribution in [0.3, 0.4) is 0 Å². The topological polar surface area (TPSA) is 37.8 Å². The summed E-state index contributed by atoms with van der Waals surface area (Å²) < 4.78 is 0. The lowest BCUT2D eigenvalue weighted by atomic mass is 10.1. The number of thiophene rings is 1. The number of hydrogen-bond acceptors (Lipinski definition) is 4. The summed E-state index contributed by atoms with van der Waals surface area (Å²) in [5, 5.41) is 4.71. The van der Waals surface area contributed by atoms with Crippen molar-refractivity contribution in [2.24, 2.45) is 0 Å². The van der Waals surface area contributed by atoms with Crippen LogP contribution < -0.4 is 5.32 Å². The number of nitrogens with zero attached hydrogens (tertiary/aromatic N) is 2. The summed E-state index contributed by atoms with van der Waals surface area (Å²) in [6.07, 6.45) is 3.70. The smallest absolute Gasteiger partial charge is 0.138 e. The molecule has 2 aromatic rings. The Kier molecular flexibility index (Phi) is 2.98. The fraction of sp³-hybridized carbons (Fsp3) is 0.571. The van der Waals surface area contributed by atoms with E-state index in [1.807, 2.05) is 11.3 Å². The molecular formula is C14H19N3S. The molecule has 0 unspecified atom stereocenters. The Labute approximate surface area is 112 Å². The molecule has 1 N–H and O–H groups in total. The van der Waals surface area contributed by atoms with Gasteiger partial charge in [0.1, 0.15) is 16.5 Å². The molecule has 1 aliphatic rings. The molecule has 2 heterocycles. The Balaban J connectivity index is 2.24. The van der Waals surface area contributed by atoms with Crippen molar-refractivity contribution >= 4 is 27.4 Å². The van der Waals surface area contributed by atoms with Gasteiger partial charge >= 0.3 is 0 Å². The summed E-state index contributed by atoms with van der Waals surface area (Å²) in [5.74, 6) is 2.38. The van der Waals surface area contributed by atoms with Gasteiger partial charge in [-0.3, -0.25) is 0 Å². The van der Waals surface area contributed by atoms with Crippen molar-refractivity contribution in [3.8, 4) is 0 Å². The van der Waals surface area contributed by atoms with Crippen molar-refractivity contribution in [1.82, 2.24) is 9.97 Å². The van der Waals surface area contributed by atoms with Crippen molar-refractivity contribution < 1.29 is 0 Å². The Morgan fingerprint density at radius 1 is 1.28 bits per heavy atom. The first-order chi connectivity index (χ1) is 8.70. The van der Waals surface area contributed by atoms with Gasteiger partial charge in [-0.05, 0) is 31.7 Å². The molecule has 0 bridgehead atoms. The molecule has 96 valence electrons. The van der Waals surface area contributed by atoms with Crippen LogP contribution >= 0.6 is 11.3 Å². The second-order valence-corrected chi connectivity index (χ2v) is 6.24. The predicted molar refractivity (Wildman–Crippen MR) is 77.7 cm³/mol. The average Bonchev–Trinajstić information content (AvgIpc) is 2.88. The van der Waals surface area contributed by atoms with Crippen molar-refractivity contribution in [1.29, 1.82) is 0 Å². The molecule has 0 atom stereocenters. The van der Waals surface area contributed by atoms with Crippen LogP contribution in [0.25, 0.3) is 10.2 Å². The summed E-state index contributed by atoms with van der Waals surface area (Å²) in [4.78, 5) is 12.2. The van der Waals surface area contributed by atoms with Crippen LogP contribution in [-0.4, -0.2) is 16.5 Å². The van der Waals surface area contributed by atoms with Crippen LogP contribution in [0.4, 0.5) is 5.82 Å². The molecule has 0 fully saturated rings. The van der Waals surface area contributed by atoms with Gasteiger partial charge in [0.05, 0.1) is 5.39 Å². The molecule has 0 saturated heterocycles. The molecule has 3 rings (SSSR count).